The van der Waals surface area contributed by atoms with Crippen LogP contribution in [0.25, 0.3) is 10.9 Å². The van der Waals surface area contributed by atoms with Gasteiger partial charge >= 0.3 is 5.97 Å². The van der Waals surface area contributed by atoms with Crippen molar-refractivity contribution in [2.45, 2.75) is 51.7 Å². The maximum atomic E-state index is 12.6. The van der Waals surface area contributed by atoms with Gasteiger partial charge in [-0.2, -0.15) is 0 Å². The lowest BCUT2D eigenvalue weighted by molar-refractivity contribution is -0.130. The molecule has 0 unspecified atom stereocenters. The predicted molar refractivity (Wildman–Crippen MR) is 102 cm³/mol. The Balaban J connectivity index is 1.67. The van der Waals surface area contributed by atoms with E-state index in [0.717, 1.165) is 36.6 Å². The van der Waals surface area contributed by atoms with Crippen LogP contribution in [-0.2, 0) is 16.6 Å². The molecule has 1 saturated carbocycles. The lowest BCUT2D eigenvalue weighted by atomic mass is 9.87. The van der Waals surface area contributed by atoms with Crippen LogP contribution in [-0.4, -0.2) is 28.6 Å². The fourth-order valence-electron chi connectivity index (χ4n) is 3.57. The highest BCUT2D eigenvalue weighted by Crippen LogP contribution is 2.30. The maximum absolute atomic E-state index is 12.6. The molecular weight excluding hydrogens is 352 g/mol. The number of amides is 1. The molecule has 26 heavy (non-hydrogen) atoms. The van der Waals surface area contributed by atoms with Crippen LogP contribution >= 0.6 is 11.6 Å². The first-order valence-corrected chi connectivity index (χ1v) is 9.50. The van der Waals surface area contributed by atoms with Crippen LogP contribution in [0.3, 0.4) is 0 Å². The monoisotopic (exact) mass is 376 g/mol. The van der Waals surface area contributed by atoms with Crippen LogP contribution in [0, 0.1) is 5.92 Å². The highest BCUT2D eigenvalue weighted by atomic mass is 35.5. The van der Waals surface area contributed by atoms with Gasteiger partial charge in [-0.05, 0) is 44.6 Å². The van der Waals surface area contributed by atoms with Gasteiger partial charge in [-0.25, -0.2) is 4.79 Å². The number of aryl methyl sites for hydroxylation is 1. The molecule has 1 heterocycles. The summed E-state index contributed by atoms with van der Waals surface area (Å²) in [5.74, 6) is -0.131. The molecule has 0 radical (unpaired) electrons. The van der Waals surface area contributed by atoms with Crippen LogP contribution in [0.5, 0.6) is 0 Å². The number of carbonyl (C=O) groups excluding carboxylic acids is 2. The molecule has 5 nitrogen and oxygen atoms in total. The second-order valence-electron chi connectivity index (χ2n) is 7.25. The van der Waals surface area contributed by atoms with Crippen LogP contribution in [0.15, 0.2) is 24.3 Å². The standard InChI is InChI=1S/C20H25ClN2O3/c1-12-8-10-14(11-9-12)22-19(24)13(2)26-20(25)18-17(21)15-6-4-5-7-16(15)23(18)3/h4-7,12-14H,8-11H2,1-3H3,(H,22,24)/t12?,13-,14?/m1/s1. The first kappa shape index (κ1) is 18.8. The van der Waals surface area contributed by atoms with Gasteiger partial charge in [0, 0.05) is 24.0 Å². The molecule has 1 aliphatic carbocycles. The van der Waals surface area contributed by atoms with Gasteiger partial charge in [0.25, 0.3) is 5.91 Å². The summed E-state index contributed by atoms with van der Waals surface area (Å²) in [6, 6.07) is 7.66. The number of ether oxygens (including phenoxy) is 1. The van der Waals surface area contributed by atoms with Crippen molar-refractivity contribution in [1.29, 1.82) is 0 Å². The molecule has 3 rings (SSSR count). The van der Waals surface area contributed by atoms with Crippen molar-refractivity contribution < 1.29 is 14.3 Å². The van der Waals surface area contributed by atoms with E-state index in [4.69, 9.17) is 16.3 Å². The third kappa shape index (κ3) is 3.73. The van der Waals surface area contributed by atoms with E-state index in [-0.39, 0.29) is 17.6 Å². The van der Waals surface area contributed by atoms with Gasteiger partial charge in [-0.1, -0.05) is 36.7 Å². The van der Waals surface area contributed by atoms with Crippen molar-refractivity contribution in [1.82, 2.24) is 9.88 Å². The van der Waals surface area contributed by atoms with Gasteiger partial charge in [0.05, 0.1) is 5.02 Å². The first-order valence-electron chi connectivity index (χ1n) is 9.12. The van der Waals surface area contributed by atoms with Gasteiger partial charge < -0.3 is 14.6 Å². The molecule has 1 aromatic heterocycles. The number of fused-ring (bicyclic) bond motifs is 1. The Kier molecular flexibility index (Phi) is 5.56. The lowest BCUT2D eigenvalue weighted by Gasteiger charge is -2.27. The SMILES string of the molecule is CC1CCC(NC(=O)[C@@H](C)OC(=O)c2c(Cl)c3ccccc3n2C)CC1. The number of aromatic nitrogens is 1. The molecule has 0 bridgehead atoms. The van der Waals surface area contributed by atoms with Crippen LogP contribution in [0.4, 0.5) is 0 Å². The van der Waals surface area contributed by atoms with Crippen molar-refractivity contribution in [3.63, 3.8) is 0 Å². The molecule has 0 spiro atoms. The highest BCUT2D eigenvalue weighted by Gasteiger charge is 2.27. The minimum absolute atomic E-state index is 0.168. The van der Waals surface area contributed by atoms with E-state index < -0.39 is 12.1 Å². The number of esters is 1. The summed E-state index contributed by atoms with van der Waals surface area (Å²) in [6.45, 7) is 3.82. The predicted octanol–water partition coefficient (Wildman–Crippen LogP) is 4.07. The molecule has 0 aliphatic heterocycles. The maximum Gasteiger partial charge on any atom is 0.357 e. The van der Waals surface area contributed by atoms with E-state index in [0.29, 0.717) is 10.9 Å². The van der Waals surface area contributed by atoms with Gasteiger partial charge in [0.2, 0.25) is 0 Å². The summed E-state index contributed by atoms with van der Waals surface area (Å²) in [6.07, 6.45) is 3.32. The fraction of sp³-hybridized carbons (Fsp3) is 0.500. The third-order valence-corrected chi connectivity index (χ3v) is 5.64. The van der Waals surface area contributed by atoms with Gasteiger partial charge in [-0.15, -0.1) is 0 Å². The third-order valence-electron chi connectivity index (χ3n) is 5.25. The molecule has 1 N–H and O–H groups in total. The molecule has 1 fully saturated rings. The Hall–Kier alpha value is -2.01. The zero-order valence-corrected chi connectivity index (χ0v) is 16.2. The molecule has 1 atom stereocenters. The summed E-state index contributed by atoms with van der Waals surface area (Å²) >= 11 is 6.37. The Morgan fingerprint density at radius 3 is 2.54 bits per heavy atom. The van der Waals surface area contributed by atoms with Crippen molar-refractivity contribution in [3.8, 4) is 0 Å². The quantitative estimate of drug-likeness (QED) is 0.818. The van der Waals surface area contributed by atoms with Crippen molar-refractivity contribution in [2.75, 3.05) is 0 Å². The minimum Gasteiger partial charge on any atom is -0.448 e. The number of halogens is 1. The number of nitrogens with one attached hydrogen (secondary N) is 1. The van der Waals surface area contributed by atoms with Crippen LogP contribution in [0.2, 0.25) is 5.02 Å². The van der Waals surface area contributed by atoms with E-state index in [1.807, 2.05) is 24.3 Å². The summed E-state index contributed by atoms with van der Waals surface area (Å²) < 4.78 is 7.10. The number of para-hydroxylation sites is 1. The minimum atomic E-state index is -0.865. The Bertz CT molecular complexity index is 783. The summed E-state index contributed by atoms with van der Waals surface area (Å²) in [5, 5.41) is 4.13. The largest absolute Gasteiger partial charge is 0.448 e. The average Bonchev–Trinajstić information content (AvgIpc) is 2.88. The number of hydrogen-bond donors (Lipinski definition) is 1. The van der Waals surface area contributed by atoms with Gasteiger partial charge in [0.1, 0.15) is 5.69 Å². The van der Waals surface area contributed by atoms with E-state index in [9.17, 15) is 9.59 Å². The molecular formula is C20H25ClN2O3. The second-order valence-corrected chi connectivity index (χ2v) is 7.63. The molecule has 6 heteroatoms. The molecule has 140 valence electrons. The number of rotatable bonds is 4. The van der Waals surface area contributed by atoms with Crippen LogP contribution in [0.1, 0.15) is 50.0 Å². The lowest BCUT2D eigenvalue weighted by Crippen LogP contribution is -2.43. The molecule has 1 amide bonds. The van der Waals surface area contributed by atoms with Crippen molar-refractivity contribution in [2.24, 2.45) is 13.0 Å². The Labute approximate surface area is 158 Å². The molecule has 1 aliphatic rings. The van der Waals surface area contributed by atoms with Crippen LogP contribution < -0.4 is 5.32 Å². The average molecular weight is 377 g/mol. The smallest absolute Gasteiger partial charge is 0.357 e. The number of hydrogen-bond acceptors (Lipinski definition) is 3. The Morgan fingerprint density at radius 2 is 1.88 bits per heavy atom. The van der Waals surface area contributed by atoms with Gasteiger partial charge in [-0.3, -0.25) is 4.79 Å². The summed E-state index contributed by atoms with van der Waals surface area (Å²) in [7, 11) is 1.76. The summed E-state index contributed by atoms with van der Waals surface area (Å²) in [5.41, 5.74) is 1.11. The zero-order valence-electron chi connectivity index (χ0n) is 15.4. The first-order chi connectivity index (χ1) is 12.4. The second kappa shape index (κ2) is 7.70. The topological polar surface area (TPSA) is 60.3 Å². The molecule has 2 aromatic rings. The van der Waals surface area contributed by atoms with E-state index in [2.05, 4.69) is 12.2 Å². The molecule has 1 aromatic carbocycles. The number of carbonyl (C=O) groups is 2. The molecule has 0 saturated heterocycles. The summed E-state index contributed by atoms with van der Waals surface area (Å²) in [4.78, 5) is 25.0. The Morgan fingerprint density at radius 1 is 1.23 bits per heavy atom. The highest BCUT2D eigenvalue weighted by molar-refractivity contribution is 6.38. The number of nitrogens with zero attached hydrogens (tertiary/aromatic N) is 1. The zero-order chi connectivity index (χ0) is 18.8. The fourth-order valence-corrected chi connectivity index (χ4v) is 3.93. The van der Waals surface area contributed by atoms with E-state index >= 15 is 0 Å². The van der Waals surface area contributed by atoms with E-state index in [1.165, 1.54) is 0 Å². The van der Waals surface area contributed by atoms with E-state index in [1.54, 1.807) is 18.5 Å². The van der Waals surface area contributed by atoms with Crippen molar-refractivity contribution in [3.05, 3.63) is 35.0 Å². The normalized spacial score (nSPS) is 21.4. The van der Waals surface area contributed by atoms with Gasteiger partial charge in [0.15, 0.2) is 6.10 Å². The van der Waals surface area contributed by atoms with Crippen molar-refractivity contribution >= 4 is 34.4 Å². The number of benzene rings is 1.